The lowest BCUT2D eigenvalue weighted by Gasteiger charge is -2.21. The van der Waals surface area contributed by atoms with Gasteiger partial charge in [-0.1, -0.05) is 17.2 Å². The predicted octanol–water partition coefficient (Wildman–Crippen LogP) is 1.66. The Hall–Kier alpha value is -1.85. The smallest absolute Gasteiger partial charge is 0.427 e. The summed E-state index contributed by atoms with van der Waals surface area (Å²) in [7, 11) is 0. The zero-order chi connectivity index (χ0) is 14.7. The van der Waals surface area contributed by atoms with Crippen molar-refractivity contribution < 1.29 is 24.0 Å². The first-order valence-electron chi connectivity index (χ1n) is 6.75. The van der Waals surface area contributed by atoms with E-state index in [1.807, 2.05) is 12.2 Å². The molecule has 2 bridgehead atoms. The summed E-state index contributed by atoms with van der Waals surface area (Å²) in [6.07, 6.45) is 3.77. The first-order valence-corrected chi connectivity index (χ1v) is 6.75. The molecule has 0 aromatic carbocycles. The van der Waals surface area contributed by atoms with Crippen molar-refractivity contribution in [3.05, 3.63) is 12.2 Å². The van der Waals surface area contributed by atoms with E-state index in [1.54, 1.807) is 20.8 Å². The minimum Gasteiger partial charge on any atom is -0.427 e. The Morgan fingerprint density at radius 2 is 1.65 bits per heavy atom. The highest BCUT2D eigenvalue weighted by atomic mass is 16.8. The molecule has 1 saturated carbocycles. The van der Waals surface area contributed by atoms with Crippen LogP contribution >= 0.6 is 0 Å². The lowest BCUT2D eigenvalue weighted by molar-refractivity contribution is -0.183. The number of ether oxygens (including phenoxy) is 1. The molecule has 3 rings (SSSR count). The molecule has 4 atom stereocenters. The topological polar surface area (TPSA) is 72.9 Å². The van der Waals surface area contributed by atoms with E-state index in [0.29, 0.717) is 5.06 Å². The number of fused-ring (bicyclic) bond motifs is 5. The number of hydrogen-bond donors (Lipinski definition) is 0. The van der Waals surface area contributed by atoms with Crippen molar-refractivity contribution in [1.82, 2.24) is 5.06 Å². The van der Waals surface area contributed by atoms with E-state index in [-0.39, 0.29) is 23.7 Å². The van der Waals surface area contributed by atoms with Crippen molar-refractivity contribution in [2.75, 3.05) is 0 Å². The largest absolute Gasteiger partial charge is 0.534 e. The van der Waals surface area contributed by atoms with Gasteiger partial charge in [0.2, 0.25) is 0 Å². The minimum atomic E-state index is -1.03. The van der Waals surface area contributed by atoms with Crippen molar-refractivity contribution in [3.8, 4) is 0 Å². The van der Waals surface area contributed by atoms with Gasteiger partial charge in [0.25, 0.3) is 11.8 Å². The Kier molecular flexibility index (Phi) is 2.68. The summed E-state index contributed by atoms with van der Waals surface area (Å²) in [6, 6.07) is 0. The standard InChI is InChI=1S/C14H17NO5/c1-14(2,3)19-13(18)20-15-11(16)9-7-4-5-8(6-7)10(9)12(15)17/h4-5,7-10H,6H2,1-3H3/t7-,8?,9+,10-/m0/s1. The number of amides is 2. The highest BCUT2D eigenvalue weighted by Gasteiger charge is 2.61. The van der Waals surface area contributed by atoms with Crippen LogP contribution in [-0.4, -0.2) is 28.6 Å². The summed E-state index contributed by atoms with van der Waals surface area (Å²) in [5.74, 6) is -1.42. The zero-order valence-electron chi connectivity index (χ0n) is 11.7. The lowest BCUT2D eigenvalue weighted by atomic mass is 9.85. The molecule has 3 aliphatic rings. The lowest BCUT2D eigenvalue weighted by Crippen LogP contribution is -2.37. The van der Waals surface area contributed by atoms with E-state index < -0.39 is 23.6 Å². The summed E-state index contributed by atoms with van der Waals surface area (Å²) in [5.41, 5.74) is -0.737. The number of hydroxylamine groups is 2. The normalized spacial score (nSPS) is 34.6. The summed E-state index contributed by atoms with van der Waals surface area (Å²) in [6.45, 7) is 5.04. The number of hydrogen-bond acceptors (Lipinski definition) is 5. The summed E-state index contributed by atoms with van der Waals surface area (Å²) >= 11 is 0. The summed E-state index contributed by atoms with van der Waals surface area (Å²) < 4.78 is 4.96. The van der Waals surface area contributed by atoms with Crippen LogP contribution in [0.3, 0.4) is 0 Å². The average molecular weight is 279 g/mol. The van der Waals surface area contributed by atoms with Gasteiger partial charge in [-0.05, 0) is 39.0 Å². The molecular formula is C14H17NO5. The Morgan fingerprint density at radius 3 is 2.10 bits per heavy atom. The summed E-state index contributed by atoms with van der Waals surface area (Å²) in [5, 5.41) is 0.593. The van der Waals surface area contributed by atoms with Crippen LogP contribution in [0.5, 0.6) is 0 Å². The van der Waals surface area contributed by atoms with E-state index in [1.165, 1.54) is 0 Å². The van der Waals surface area contributed by atoms with Crippen LogP contribution in [0, 0.1) is 23.7 Å². The van der Waals surface area contributed by atoms with Crippen LogP contribution < -0.4 is 0 Å². The van der Waals surface area contributed by atoms with Gasteiger partial charge in [-0.3, -0.25) is 14.4 Å². The third kappa shape index (κ3) is 1.90. The van der Waals surface area contributed by atoms with Crippen LogP contribution in [0.2, 0.25) is 0 Å². The molecule has 1 aliphatic heterocycles. The van der Waals surface area contributed by atoms with Gasteiger partial charge in [-0.2, -0.15) is 0 Å². The Morgan fingerprint density at radius 1 is 1.15 bits per heavy atom. The quantitative estimate of drug-likeness (QED) is 0.414. The molecule has 108 valence electrons. The molecule has 2 aliphatic carbocycles. The average Bonchev–Trinajstić information content (AvgIpc) is 2.96. The van der Waals surface area contributed by atoms with Crippen LogP contribution in [0.25, 0.3) is 0 Å². The molecule has 1 saturated heterocycles. The zero-order valence-corrected chi connectivity index (χ0v) is 11.7. The van der Waals surface area contributed by atoms with E-state index in [2.05, 4.69) is 0 Å². The molecule has 6 heteroatoms. The molecule has 1 unspecified atom stereocenters. The van der Waals surface area contributed by atoms with Gasteiger partial charge in [0.1, 0.15) is 5.60 Å². The third-order valence-corrected chi connectivity index (χ3v) is 3.99. The molecule has 0 radical (unpaired) electrons. The number of allylic oxidation sites excluding steroid dienone is 2. The second-order valence-electron chi connectivity index (χ2n) is 6.53. The molecule has 20 heavy (non-hydrogen) atoms. The Labute approximate surface area is 116 Å². The van der Waals surface area contributed by atoms with Crippen molar-refractivity contribution in [2.45, 2.75) is 32.8 Å². The molecule has 0 aromatic rings. The number of carbonyl (C=O) groups is 3. The molecule has 2 fully saturated rings. The maximum Gasteiger partial charge on any atom is 0.534 e. The fourth-order valence-corrected chi connectivity index (χ4v) is 3.31. The van der Waals surface area contributed by atoms with Crippen molar-refractivity contribution >= 4 is 18.0 Å². The second-order valence-corrected chi connectivity index (χ2v) is 6.53. The maximum atomic E-state index is 12.2. The predicted molar refractivity (Wildman–Crippen MR) is 66.9 cm³/mol. The molecule has 2 amide bonds. The summed E-state index contributed by atoms with van der Waals surface area (Å²) in [4.78, 5) is 40.9. The van der Waals surface area contributed by atoms with Gasteiger partial charge >= 0.3 is 6.16 Å². The second kappa shape index (κ2) is 4.07. The fraction of sp³-hybridized carbons (Fsp3) is 0.643. The van der Waals surface area contributed by atoms with Crippen LogP contribution in [0.1, 0.15) is 27.2 Å². The van der Waals surface area contributed by atoms with E-state index in [0.717, 1.165) is 6.42 Å². The monoisotopic (exact) mass is 279 g/mol. The van der Waals surface area contributed by atoms with Crippen LogP contribution in [0.4, 0.5) is 4.79 Å². The van der Waals surface area contributed by atoms with E-state index >= 15 is 0 Å². The van der Waals surface area contributed by atoms with Crippen molar-refractivity contribution in [2.24, 2.45) is 23.7 Å². The van der Waals surface area contributed by atoms with Crippen LogP contribution in [0.15, 0.2) is 12.2 Å². The Bertz CT molecular complexity index is 488. The first kappa shape index (κ1) is 13.1. The van der Waals surface area contributed by atoms with Crippen LogP contribution in [-0.2, 0) is 19.2 Å². The fourth-order valence-electron chi connectivity index (χ4n) is 3.31. The number of carbonyl (C=O) groups excluding carboxylic acids is 3. The molecular weight excluding hydrogens is 262 g/mol. The van der Waals surface area contributed by atoms with Gasteiger partial charge in [0.05, 0.1) is 11.8 Å². The minimum absolute atomic E-state index is 0.0914. The third-order valence-electron chi connectivity index (χ3n) is 3.99. The molecule has 1 heterocycles. The maximum absolute atomic E-state index is 12.2. The molecule has 0 aromatic heterocycles. The van der Waals surface area contributed by atoms with Gasteiger partial charge in [0, 0.05) is 0 Å². The molecule has 0 N–H and O–H groups in total. The number of imide groups is 1. The van der Waals surface area contributed by atoms with Gasteiger partial charge in [-0.15, -0.1) is 0 Å². The highest BCUT2D eigenvalue weighted by Crippen LogP contribution is 2.52. The number of rotatable bonds is 1. The van der Waals surface area contributed by atoms with Gasteiger partial charge < -0.3 is 4.74 Å². The van der Waals surface area contributed by atoms with Gasteiger partial charge in [0.15, 0.2) is 0 Å². The number of nitrogens with zero attached hydrogens (tertiary/aromatic N) is 1. The molecule has 0 spiro atoms. The SMILES string of the molecule is CC(C)(C)OC(=O)ON1C(=O)[C@@H]2[C@H]3C=CC(C3)[C@@H]2C1=O. The van der Waals surface area contributed by atoms with Crippen molar-refractivity contribution in [3.63, 3.8) is 0 Å². The first-order chi connectivity index (χ1) is 9.28. The van der Waals surface area contributed by atoms with E-state index in [9.17, 15) is 14.4 Å². The van der Waals surface area contributed by atoms with Gasteiger partial charge in [-0.25, -0.2) is 4.79 Å². The Balaban J connectivity index is 1.72. The highest BCUT2D eigenvalue weighted by molar-refractivity contribution is 6.05. The molecule has 6 nitrogen and oxygen atoms in total. The van der Waals surface area contributed by atoms with Crippen molar-refractivity contribution in [1.29, 1.82) is 0 Å². The van der Waals surface area contributed by atoms with E-state index in [4.69, 9.17) is 9.57 Å².